The van der Waals surface area contributed by atoms with E-state index < -0.39 is 0 Å². The monoisotopic (exact) mass is 134 g/mol. The van der Waals surface area contributed by atoms with Gasteiger partial charge < -0.3 is 5.11 Å². The molecule has 1 nitrogen and oxygen atoms in total. The molecule has 0 aromatic rings. The fraction of sp³-hybridized carbons (Fsp3) is 0.667. The van der Waals surface area contributed by atoms with Gasteiger partial charge in [0.1, 0.15) is 0 Å². The Balaban J connectivity index is 0.000000222. The molecule has 0 unspecified atom stereocenters. The van der Waals surface area contributed by atoms with E-state index in [0.717, 1.165) is 18.6 Å². The van der Waals surface area contributed by atoms with Gasteiger partial charge in [-0.25, -0.2) is 0 Å². The summed E-state index contributed by atoms with van der Waals surface area (Å²) in [4.78, 5) is 0. The zero-order chi connectivity index (χ0) is 6.41. The number of halogens is 1. The summed E-state index contributed by atoms with van der Waals surface area (Å²) in [6.07, 6.45) is 5.65. The van der Waals surface area contributed by atoms with Crippen LogP contribution in [0.25, 0.3) is 0 Å². The van der Waals surface area contributed by atoms with Crippen LogP contribution < -0.4 is 0 Å². The summed E-state index contributed by atoms with van der Waals surface area (Å²) in [6.45, 7) is 0. The van der Waals surface area contributed by atoms with E-state index in [0.29, 0.717) is 0 Å². The Morgan fingerprint density at radius 1 is 1.62 bits per heavy atom. The summed E-state index contributed by atoms with van der Waals surface area (Å²) in [5.74, 6) is 0. The van der Waals surface area contributed by atoms with Crippen molar-refractivity contribution in [3.8, 4) is 0 Å². The zero-order valence-electron chi connectivity index (χ0n) is 5.02. The predicted octanol–water partition coefficient (Wildman–Crippen LogP) is 1.90. The van der Waals surface area contributed by atoms with Gasteiger partial charge in [0, 0.05) is 12.1 Å². The summed E-state index contributed by atoms with van der Waals surface area (Å²) >= 11 is 5.57. The normalized spacial score (nSPS) is 16.6. The van der Waals surface area contributed by atoms with Crippen LogP contribution in [0.5, 0.6) is 0 Å². The smallest absolute Gasteiger partial charge is 0.0319 e. The largest absolute Gasteiger partial charge is 0.400 e. The topological polar surface area (TPSA) is 20.2 Å². The molecule has 2 heteroatoms. The van der Waals surface area contributed by atoms with E-state index in [2.05, 4.69) is 6.08 Å². The van der Waals surface area contributed by atoms with Gasteiger partial charge in [-0.1, -0.05) is 17.7 Å². The highest BCUT2D eigenvalue weighted by Crippen LogP contribution is 2.19. The summed E-state index contributed by atoms with van der Waals surface area (Å²) in [7, 11) is 1.00. The Morgan fingerprint density at radius 2 is 2.25 bits per heavy atom. The molecule has 0 heterocycles. The third-order valence-electron chi connectivity index (χ3n) is 0.986. The van der Waals surface area contributed by atoms with E-state index >= 15 is 0 Å². The average molecular weight is 135 g/mol. The molecule has 0 amide bonds. The first-order valence-electron chi connectivity index (χ1n) is 2.69. The molecule has 1 rings (SSSR count). The lowest BCUT2D eigenvalue weighted by atomic mass is 10.4. The fourth-order valence-corrected chi connectivity index (χ4v) is 0.874. The molecule has 0 aromatic heterocycles. The molecule has 1 aliphatic rings. The molecule has 48 valence electrons. The second-order valence-electron chi connectivity index (χ2n) is 1.54. The van der Waals surface area contributed by atoms with Crippen LogP contribution in [-0.4, -0.2) is 12.2 Å². The maximum absolute atomic E-state index is 7.00. The molecular formula is C6H11ClO. The minimum absolute atomic E-state index is 1.00. The van der Waals surface area contributed by atoms with Gasteiger partial charge in [0.05, 0.1) is 0 Å². The third kappa shape index (κ3) is 3.05. The quantitative estimate of drug-likeness (QED) is 0.537. The molecule has 0 saturated heterocycles. The van der Waals surface area contributed by atoms with Crippen molar-refractivity contribution >= 4 is 11.6 Å². The Labute approximate surface area is 55.0 Å². The number of rotatable bonds is 0. The van der Waals surface area contributed by atoms with Crippen LogP contribution in [0.2, 0.25) is 0 Å². The molecule has 0 aromatic carbocycles. The number of aliphatic hydroxyl groups is 1. The Kier molecular flexibility index (Phi) is 5.13. The molecule has 0 radical (unpaired) electrons. The molecular weight excluding hydrogens is 124 g/mol. The first-order valence-corrected chi connectivity index (χ1v) is 3.06. The predicted molar refractivity (Wildman–Crippen MR) is 35.9 cm³/mol. The first-order chi connectivity index (χ1) is 3.89. The summed E-state index contributed by atoms with van der Waals surface area (Å²) < 4.78 is 0. The minimum atomic E-state index is 1.00. The van der Waals surface area contributed by atoms with Crippen LogP contribution in [-0.2, 0) is 0 Å². The van der Waals surface area contributed by atoms with E-state index in [4.69, 9.17) is 16.7 Å². The lowest BCUT2D eigenvalue weighted by Gasteiger charge is -1.76. The number of allylic oxidation sites excluding steroid dienone is 2. The van der Waals surface area contributed by atoms with E-state index in [1.54, 1.807) is 0 Å². The second kappa shape index (κ2) is 5.13. The molecule has 0 atom stereocenters. The van der Waals surface area contributed by atoms with Crippen LogP contribution in [0.3, 0.4) is 0 Å². The molecule has 0 saturated carbocycles. The van der Waals surface area contributed by atoms with Gasteiger partial charge in [-0.2, -0.15) is 0 Å². The number of hydrogen-bond donors (Lipinski definition) is 1. The molecule has 0 bridgehead atoms. The molecule has 1 aliphatic carbocycles. The average Bonchev–Trinajstić information content (AvgIpc) is 2.24. The van der Waals surface area contributed by atoms with E-state index in [-0.39, 0.29) is 0 Å². The van der Waals surface area contributed by atoms with Crippen LogP contribution in [0, 0.1) is 0 Å². The molecule has 0 aliphatic heterocycles. The van der Waals surface area contributed by atoms with Gasteiger partial charge in [-0.15, -0.1) is 0 Å². The maximum atomic E-state index is 7.00. The van der Waals surface area contributed by atoms with Crippen LogP contribution in [0.4, 0.5) is 0 Å². The van der Waals surface area contributed by atoms with Crippen LogP contribution in [0.1, 0.15) is 19.3 Å². The Hall–Kier alpha value is -0.0100. The number of aliphatic hydroxyl groups excluding tert-OH is 1. The van der Waals surface area contributed by atoms with Gasteiger partial charge in [0.15, 0.2) is 0 Å². The fourth-order valence-electron chi connectivity index (χ4n) is 0.632. The highest BCUT2D eigenvalue weighted by molar-refractivity contribution is 6.29. The minimum Gasteiger partial charge on any atom is -0.400 e. The summed E-state index contributed by atoms with van der Waals surface area (Å²) in [5.41, 5.74) is 0. The molecule has 8 heavy (non-hydrogen) atoms. The van der Waals surface area contributed by atoms with E-state index in [9.17, 15) is 0 Å². The lowest BCUT2D eigenvalue weighted by Crippen LogP contribution is -1.55. The van der Waals surface area contributed by atoms with E-state index in [1.165, 1.54) is 12.8 Å². The van der Waals surface area contributed by atoms with E-state index in [1.807, 2.05) is 0 Å². The van der Waals surface area contributed by atoms with Gasteiger partial charge >= 0.3 is 0 Å². The summed E-state index contributed by atoms with van der Waals surface area (Å²) in [5, 5.41) is 8.05. The lowest BCUT2D eigenvalue weighted by molar-refractivity contribution is 0.399. The summed E-state index contributed by atoms with van der Waals surface area (Å²) in [6, 6.07) is 0. The van der Waals surface area contributed by atoms with Gasteiger partial charge in [-0.3, -0.25) is 0 Å². The molecule has 0 spiro atoms. The van der Waals surface area contributed by atoms with Crippen molar-refractivity contribution < 1.29 is 5.11 Å². The zero-order valence-corrected chi connectivity index (χ0v) is 5.78. The van der Waals surface area contributed by atoms with Crippen molar-refractivity contribution in [2.24, 2.45) is 0 Å². The van der Waals surface area contributed by atoms with Crippen LogP contribution in [0.15, 0.2) is 11.1 Å². The third-order valence-corrected chi connectivity index (χ3v) is 1.33. The van der Waals surface area contributed by atoms with Crippen molar-refractivity contribution in [3.05, 3.63) is 11.1 Å². The van der Waals surface area contributed by atoms with Crippen molar-refractivity contribution in [1.82, 2.24) is 0 Å². The second-order valence-corrected chi connectivity index (χ2v) is 2.03. The van der Waals surface area contributed by atoms with Crippen molar-refractivity contribution in [2.45, 2.75) is 19.3 Å². The van der Waals surface area contributed by atoms with Gasteiger partial charge in [-0.05, 0) is 19.3 Å². The molecule has 1 N–H and O–H groups in total. The highest BCUT2D eigenvalue weighted by atomic mass is 35.5. The van der Waals surface area contributed by atoms with Crippen molar-refractivity contribution in [2.75, 3.05) is 7.11 Å². The number of hydrogen-bond acceptors (Lipinski definition) is 1. The maximum Gasteiger partial charge on any atom is 0.0319 e. The SMILES string of the molecule is CO.ClC1=CCCC1. The van der Waals surface area contributed by atoms with Gasteiger partial charge in [0.25, 0.3) is 0 Å². The van der Waals surface area contributed by atoms with Crippen LogP contribution >= 0.6 is 11.6 Å². The first kappa shape index (κ1) is 7.99. The van der Waals surface area contributed by atoms with Crippen molar-refractivity contribution in [3.63, 3.8) is 0 Å². The molecule has 0 fully saturated rings. The highest BCUT2D eigenvalue weighted by Gasteiger charge is 1.97. The Bertz CT molecular complexity index is 78.6. The standard InChI is InChI=1S/C5H7Cl.CH4O/c6-5-3-1-2-4-5;1-2/h3H,1-2,4H2;2H,1H3. The van der Waals surface area contributed by atoms with Crippen molar-refractivity contribution in [1.29, 1.82) is 0 Å². The Morgan fingerprint density at radius 3 is 2.38 bits per heavy atom. The van der Waals surface area contributed by atoms with Gasteiger partial charge in [0.2, 0.25) is 0 Å².